The minimum Gasteiger partial charge on any atom is -0.496 e. The first-order valence-corrected chi connectivity index (χ1v) is 7.12. The summed E-state index contributed by atoms with van der Waals surface area (Å²) in [6.07, 6.45) is 1.32. The first kappa shape index (κ1) is 17.3. The van der Waals surface area contributed by atoms with Crippen molar-refractivity contribution in [2.75, 3.05) is 20.8 Å². The van der Waals surface area contributed by atoms with E-state index in [4.69, 9.17) is 9.47 Å². The van der Waals surface area contributed by atoms with Crippen LogP contribution in [0.4, 0.5) is 0 Å². The van der Waals surface area contributed by atoms with Crippen LogP contribution in [-0.4, -0.2) is 37.4 Å². The second-order valence-electron chi connectivity index (χ2n) is 5.11. The van der Waals surface area contributed by atoms with E-state index in [-0.39, 0.29) is 12.5 Å². The Morgan fingerprint density at radius 3 is 2.00 bits per heavy atom. The van der Waals surface area contributed by atoms with Gasteiger partial charge in [-0.1, -0.05) is 13.8 Å². The Morgan fingerprint density at radius 1 is 1.19 bits per heavy atom. The summed E-state index contributed by atoms with van der Waals surface area (Å²) < 4.78 is 10.6. The van der Waals surface area contributed by atoms with Gasteiger partial charge in [-0.25, -0.2) is 0 Å². The van der Waals surface area contributed by atoms with Crippen LogP contribution in [0, 0.1) is 6.92 Å². The summed E-state index contributed by atoms with van der Waals surface area (Å²) in [6.45, 7) is 5.66. The molecule has 0 heterocycles. The van der Waals surface area contributed by atoms with Gasteiger partial charge in [0.15, 0.2) is 0 Å². The minimum atomic E-state index is -0.595. The molecule has 118 valence electrons. The number of carbonyl (C=O) groups is 1. The molecule has 0 saturated carbocycles. The molecule has 0 spiro atoms. The molecule has 1 aromatic rings. The molecule has 0 unspecified atom stereocenters. The van der Waals surface area contributed by atoms with Crippen LogP contribution in [0.25, 0.3) is 0 Å². The van der Waals surface area contributed by atoms with Gasteiger partial charge in [-0.05, 0) is 31.9 Å². The van der Waals surface area contributed by atoms with Crippen LogP contribution >= 0.6 is 0 Å². The molecule has 0 aliphatic heterocycles. The molecule has 0 aromatic heterocycles. The lowest BCUT2D eigenvalue weighted by molar-refractivity contribution is 0.0817. The van der Waals surface area contributed by atoms with Gasteiger partial charge in [-0.2, -0.15) is 0 Å². The molecule has 5 nitrogen and oxygen atoms in total. The van der Waals surface area contributed by atoms with Gasteiger partial charge in [0.2, 0.25) is 0 Å². The molecule has 0 saturated heterocycles. The third-order valence-electron chi connectivity index (χ3n) is 4.05. The van der Waals surface area contributed by atoms with E-state index in [2.05, 4.69) is 5.32 Å². The first-order chi connectivity index (χ1) is 9.96. The molecule has 1 aromatic carbocycles. The van der Waals surface area contributed by atoms with E-state index in [1.54, 1.807) is 26.4 Å². The van der Waals surface area contributed by atoms with Gasteiger partial charge >= 0.3 is 0 Å². The molecule has 1 amide bonds. The molecule has 1 rings (SSSR count). The third-order valence-corrected chi connectivity index (χ3v) is 4.05. The van der Waals surface area contributed by atoms with Crippen LogP contribution in [-0.2, 0) is 0 Å². The first-order valence-electron chi connectivity index (χ1n) is 7.12. The molecule has 0 fully saturated rings. The van der Waals surface area contributed by atoms with Gasteiger partial charge in [0.1, 0.15) is 11.5 Å². The Hall–Kier alpha value is -1.75. The minimum absolute atomic E-state index is 0.0914. The highest BCUT2D eigenvalue weighted by Gasteiger charge is 2.28. The summed E-state index contributed by atoms with van der Waals surface area (Å²) in [5.74, 6) is 0.952. The summed E-state index contributed by atoms with van der Waals surface area (Å²) in [4.78, 5) is 12.5. The summed E-state index contributed by atoms with van der Waals surface area (Å²) >= 11 is 0. The second-order valence-corrected chi connectivity index (χ2v) is 5.11. The lowest BCUT2D eigenvalue weighted by Gasteiger charge is -2.30. The van der Waals surface area contributed by atoms with Crippen molar-refractivity contribution in [1.29, 1.82) is 0 Å². The van der Waals surface area contributed by atoms with E-state index in [0.717, 1.165) is 5.56 Å². The average Bonchev–Trinajstić information content (AvgIpc) is 2.52. The van der Waals surface area contributed by atoms with Crippen molar-refractivity contribution in [3.05, 3.63) is 23.3 Å². The van der Waals surface area contributed by atoms with Gasteiger partial charge in [-0.15, -0.1) is 0 Å². The molecular formula is C16H25NO4. The van der Waals surface area contributed by atoms with Gasteiger partial charge in [-0.3, -0.25) is 4.79 Å². The number of nitrogens with one attached hydrogen (secondary N) is 1. The number of benzene rings is 1. The zero-order chi connectivity index (χ0) is 16.0. The van der Waals surface area contributed by atoms with Crippen molar-refractivity contribution in [3.8, 4) is 11.5 Å². The summed E-state index contributed by atoms with van der Waals surface area (Å²) in [5, 5.41) is 12.5. The Bertz CT molecular complexity index is 462. The monoisotopic (exact) mass is 295 g/mol. The number of methoxy groups -OCH3 is 2. The molecule has 0 bridgehead atoms. The smallest absolute Gasteiger partial charge is 0.252 e. The lowest BCUT2D eigenvalue weighted by atomic mass is 9.93. The topological polar surface area (TPSA) is 67.8 Å². The van der Waals surface area contributed by atoms with Gasteiger partial charge in [0.25, 0.3) is 5.91 Å². The van der Waals surface area contributed by atoms with Crippen LogP contribution in [0.5, 0.6) is 11.5 Å². The maximum atomic E-state index is 12.5. The van der Waals surface area contributed by atoms with E-state index in [0.29, 0.717) is 29.9 Å². The van der Waals surface area contributed by atoms with Gasteiger partial charge < -0.3 is 19.9 Å². The number of hydrogen-bond donors (Lipinski definition) is 2. The fourth-order valence-electron chi connectivity index (χ4n) is 2.22. The highest BCUT2D eigenvalue weighted by atomic mass is 16.5. The van der Waals surface area contributed by atoms with Crippen molar-refractivity contribution < 1.29 is 19.4 Å². The van der Waals surface area contributed by atoms with E-state index < -0.39 is 5.54 Å². The quantitative estimate of drug-likeness (QED) is 0.810. The van der Waals surface area contributed by atoms with E-state index in [9.17, 15) is 9.90 Å². The molecule has 0 atom stereocenters. The van der Waals surface area contributed by atoms with Crippen molar-refractivity contribution in [1.82, 2.24) is 5.32 Å². The molecule has 2 N–H and O–H groups in total. The number of aliphatic hydroxyl groups is 1. The number of aliphatic hydroxyl groups excluding tert-OH is 1. The number of ether oxygens (including phenoxy) is 2. The molecule has 0 aliphatic carbocycles. The maximum absolute atomic E-state index is 12.5. The Kier molecular flexibility index (Phi) is 6.03. The van der Waals surface area contributed by atoms with Crippen molar-refractivity contribution in [2.45, 2.75) is 39.2 Å². The second kappa shape index (κ2) is 7.31. The molecule has 5 heteroatoms. The number of rotatable bonds is 7. The summed E-state index contributed by atoms with van der Waals surface area (Å²) in [5.41, 5.74) is 0.701. The third kappa shape index (κ3) is 3.67. The molecule has 0 aliphatic rings. The zero-order valence-corrected chi connectivity index (χ0v) is 13.4. The average molecular weight is 295 g/mol. The van der Waals surface area contributed by atoms with Crippen LogP contribution in [0.15, 0.2) is 12.1 Å². The Morgan fingerprint density at radius 2 is 1.67 bits per heavy atom. The Balaban J connectivity index is 3.13. The van der Waals surface area contributed by atoms with E-state index in [1.165, 1.54) is 0 Å². The number of hydrogen-bond acceptors (Lipinski definition) is 4. The molecule has 21 heavy (non-hydrogen) atoms. The van der Waals surface area contributed by atoms with Crippen molar-refractivity contribution in [2.24, 2.45) is 0 Å². The van der Waals surface area contributed by atoms with Crippen molar-refractivity contribution >= 4 is 5.91 Å². The van der Waals surface area contributed by atoms with Crippen LogP contribution in [0.1, 0.15) is 42.6 Å². The number of carbonyl (C=O) groups excluding carboxylic acids is 1. The molecule has 0 radical (unpaired) electrons. The van der Waals surface area contributed by atoms with Crippen molar-refractivity contribution in [3.63, 3.8) is 0 Å². The predicted octanol–water partition coefficient (Wildman–Crippen LogP) is 2.29. The summed E-state index contributed by atoms with van der Waals surface area (Å²) in [6, 6.07) is 3.36. The number of amides is 1. The lowest BCUT2D eigenvalue weighted by Crippen LogP contribution is -2.50. The van der Waals surface area contributed by atoms with E-state index >= 15 is 0 Å². The SMILES string of the molecule is CCC(CC)(CO)NC(=O)c1cc(OC)c(C)c(OC)c1. The summed E-state index contributed by atoms with van der Waals surface area (Å²) in [7, 11) is 3.11. The highest BCUT2D eigenvalue weighted by molar-refractivity contribution is 5.95. The largest absolute Gasteiger partial charge is 0.496 e. The van der Waals surface area contributed by atoms with Crippen LogP contribution < -0.4 is 14.8 Å². The standard InChI is InChI=1S/C16H25NO4/c1-6-16(7-2,10-18)17-15(19)12-8-13(20-4)11(3)14(9-12)21-5/h8-9,18H,6-7,10H2,1-5H3,(H,17,19). The highest BCUT2D eigenvalue weighted by Crippen LogP contribution is 2.29. The predicted molar refractivity (Wildman–Crippen MR) is 82.1 cm³/mol. The fraction of sp³-hybridized carbons (Fsp3) is 0.562. The zero-order valence-electron chi connectivity index (χ0n) is 13.4. The van der Waals surface area contributed by atoms with Crippen LogP contribution in [0.2, 0.25) is 0 Å². The van der Waals surface area contributed by atoms with Gasteiger partial charge in [0, 0.05) is 11.1 Å². The van der Waals surface area contributed by atoms with Crippen LogP contribution in [0.3, 0.4) is 0 Å². The van der Waals surface area contributed by atoms with E-state index in [1.807, 2.05) is 20.8 Å². The fourth-order valence-corrected chi connectivity index (χ4v) is 2.22. The maximum Gasteiger partial charge on any atom is 0.252 e. The normalized spacial score (nSPS) is 11.1. The Labute approximate surface area is 126 Å². The molecular weight excluding hydrogens is 270 g/mol. The van der Waals surface area contributed by atoms with Gasteiger partial charge in [0.05, 0.1) is 26.4 Å².